The van der Waals surface area contributed by atoms with Gasteiger partial charge in [0.15, 0.2) is 15.8 Å². The van der Waals surface area contributed by atoms with Gasteiger partial charge in [0.2, 0.25) is 0 Å². The molecule has 0 aromatic rings. The fourth-order valence-electron chi connectivity index (χ4n) is 1.22. The lowest BCUT2D eigenvalue weighted by Gasteiger charge is -2.21. The van der Waals surface area contributed by atoms with Gasteiger partial charge in [-0.25, -0.2) is 12.8 Å². The van der Waals surface area contributed by atoms with E-state index in [2.05, 4.69) is 5.32 Å². The predicted molar refractivity (Wildman–Crippen MR) is 48.0 cm³/mol. The second kappa shape index (κ2) is 4.99. The highest BCUT2D eigenvalue weighted by Crippen LogP contribution is 2.12. The second-order valence-corrected chi connectivity index (χ2v) is 4.95. The van der Waals surface area contributed by atoms with Gasteiger partial charge in [-0.3, -0.25) is 0 Å². The van der Waals surface area contributed by atoms with Crippen molar-refractivity contribution in [1.29, 1.82) is 0 Å². The molecule has 0 spiro atoms. The monoisotopic (exact) mass is 217 g/mol. The van der Waals surface area contributed by atoms with Gasteiger partial charge in [-0.2, -0.15) is 0 Å². The maximum atomic E-state index is 11.9. The number of hydrogen-bond acceptors (Lipinski definition) is 3. The summed E-state index contributed by atoms with van der Waals surface area (Å²) < 4.78 is 33.8. The predicted octanol–water partition coefficient (Wildman–Crippen LogP) is 0.502. The van der Waals surface area contributed by atoms with Gasteiger partial charge < -0.3 is 5.32 Å². The molecule has 0 saturated carbocycles. The van der Waals surface area contributed by atoms with E-state index >= 15 is 0 Å². The minimum absolute atomic E-state index is 0. The number of nitrogens with one attached hydrogen (secondary N) is 1. The highest BCUT2D eigenvalue weighted by molar-refractivity contribution is 7.91. The van der Waals surface area contributed by atoms with Crippen molar-refractivity contribution >= 4 is 22.2 Å². The van der Waals surface area contributed by atoms with Crippen LogP contribution in [0.15, 0.2) is 0 Å². The van der Waals surface area contributed by atoms with Gasteiger partial charge in [0, 0.05) is 6.54 Å². The highest BCUT2D eigenvalue weighted by atomic mass is 35.5. The Morgan fingerprint density at radius 3 is 2.58 bits per heavy atom. The van der Waals surface area contributed by atoms with Crippen molar-refractivity contribution in [2.24, 2.45) is 0 Å². The maximum absolute atomic E-state index is 11.9. The Morgan fingerprint density at radius 2 is 2.17 bits per heavy atom. The van der Waals surface area contributed by atoms with E-state index < -0.39 is 21.1 Å². The number of alkyl halides is 1. The molecule has 1 N–H and O–H groups in total. The summed E-state index contributed by atoms with van der Waals surface area (Å²) in [5.74, 6) is 0. The van der Waals surface area contributed by atoms with Crippen molar-refractivity contribution < 1.29 is 12.8 Å². The third-order valence-corrected chi connectivity index (χ3v) is 3.63. The van der Waals surface area contributed by atoms with Crippen LogP contribution in [-0.2, 0) is 9.84 Å². The Balaban J connectivity index is 0.00000121. The fourth-order valence-corrected chi connectivity index (χ4v) is 2.29. The first-order valence-electron chi connectivity index (χ1n) is 3.65. The SMILES string of the molecule is Cl.O=S(=O)(CF)C1CCCNC1. The van der Waals surface area contributed by atoms with Crippen LogP contribution in [-0.4, -0.2) is 32.8 Å². The normalized spacial score (nSPS) is 24.6. The molecule has 0 amide bonds. The first-order chi connectivity index (χ1) is 5.17. The van der Waals surface area contributed by atoms with Crippen molar-refractivity contribution in [3.05, 3.63) is 0 Å². The first kappa shape index (κ1) is 12.1. The zero-order chi connectivity index (χ0) is 8.32. The van der Waals surface area contributed by atoms with Crippen LogP contribution >= 0.6 is 12.4 Å². The Labute approximate surface area is 78.1 Å². The van der Waals surface area contributed by atoms with E-state index in [1.54, 1.807) is 0 Å². The molecule has 12 heavy (non-hydrogen) atoms. The maximum Gasteiger partial charge on any atom is 0.191 e. The molecule has 0 aromatic carbocycles. The quantitative estimate of drug-likeness (QED) is 0.733. The van der Waals surface area contributed by atoms with Crippen LogP contribution in [0.5, 0.6) is 0 Å². The van der Waals surface area contributed by atoms with Crippen LogP contribution in [0.4, 0.5) is 4.39 Å². The fraction of sp³-hybridized carbons (Fsp3) is 1.00. The number of piperidine rings is 1. The van der Waals surface area contributed by atoms with E-state index in [-0.39, 0.29) is 12.4 Å². The average molecular weight is 218 g/mol. The van der Waals surface area contributed by atoms with Crippen LogP contribution in [0.3, 0.4) is 0 Å². The van der Waals surface area contributed by atoms with E-state index in [1.165, 1.54) is 0 Å². The molecule has 1 atom stereocenters. The van der Waals surface area contributed by atoms with Crippen LogP contribution in [0.2, 0.25) is 0 Å². The minimum Gasteiger partial charge on any atom is -0.315 e. The van der Waals surface area contributed by atoms with Crippen molar-refractivity contribution in [1.82, 2.24) is 5.32 Å². The Kier molecular flexibility index (Phi) is 5.04. The van der Waals surface area contributed by atoms with Gasteiger partial charge in [-0.15, -0.1) is 12.4 Å². The van der Waals surface area contributed by atoms with Gasteiger partial charge in [-0.05, 0) is 19.4 Å². The van der Waals surface area contributed by atoms with Crippen molar-refractivity contribution in [3.8, 4) is 0 Å². The van der Waals surface area contributed by atoms with Gasteiger partial charge >= 0.3 is 0 Å². The van der Waals surface area contributed by atoms with Crippen LogP contribution in [0, 0.1) is 0 Å². The van der Waals surface area contributed by atoms with Crippen LogP contribution in [0.25, 0.3) is 0 Å². The zero-order valence-corrected chi connectivity index (χ0v) is 8.26. The van der Waals surface area contributed by atoms with Gasteiger partial charge in [-0.1, -0.05) is 0 Å². The molecule has 0 radical (unpaired) electrons. The third-order valence-electron chi connectivity index (χ3n) is 1.91. The number of sulfone groups is 1. The average Bonchev–Trinajstić information content (AvgIpc) is 2.06. The van der Waals surface area contributed by atoms with E-state index in [0.717, 1.165) is 13.0 Å². The van der Waals surface area contributed by atoms with Crippen LogP contribution in [0.1, 0.15) is 12.8 Å². The van der Waals surface area contributed by atoms with Crippen molar-refractivity contribution in [3.63, 3.8) is 0 Å². The lowest BCUT2D eigenvalue weighted by atomic mass is 10.2. The Bertz CT molecular complexity index is 214. The molecule has 1 heterocycles. The smallest absolute Gasteiger partial charge is 0.191 e. The molecule has 74 valence electrons. The molecule has 1 unspecified atom stereocenters. The summed E-state index contributed by atoms with van der Waals surface area (Å²) in [6.45, 7) is 1.25. The van der Waals surface area contributed by atoms with E-state index in [9.17, 15) is 12.8 Å². The molecule has 1 aliphatic rings. The number of rotatable bonds is 2. The van der Waals surface area contributed by atoms with E-state index in [0.29, 0.717) is 13.0 Å². The lowest BCUT2D eigenvalue weighted by molar-refractivity contribution is 0.477. The third kappa shape index (κ3) is 2.88. The Morgan fingerprint density at radius 1 is 1.50 bits per heavy atom. The molecule has 0 aliphatic carbocycles. The Hall–Kier alpha value is 0.130. The van der Waals surface area contributed by atoms with E-state index in [1.807, 2.05) is 0 Å². The summed E-state index contributed by atoms with van der Waals surface area (Å²) in [5.41, 5.74) is 0. The topological polar surface area (TPSA) is 46.2 Å². The van der Waals surface area contributed by atoms with Gasteiger partial charge in [0.25, 0.3) is 0 Å². The molecule has 1 fully saturated rings. The summed E-state index contributed by atoms with van der Waals surface area (Å²) in [4.78, 5) is 0. The van der Waals surface area contributed by atoms with Crippen molar-refractivity contribution in [2.45, 2.75) is 18.1 Å². The lowest BCUT2D eigenvalue weighted by Crippen LogP contribution is -2.39. The molecule has 3 nitrogen and oxygen atoms in total. The summed E-state index contributed by atoms with van der Waals surface area (Å²) in [5, 5.41) is 2.43. The van der Waals surface area contributed by atoms with Crippen LogP contribution < -0.4 is 5.32 Å². The molecule has 0 bridgehead atoms. The zero-order valence-electron chi connectivity index (χ0n) is 6.62. The van der Waals surface area contributed by atoms with E-state index in [4.69, 9.17) is 0 Å². The largest absolute Gasteiger partial charge is 0.315 e. The molecule has 1 saturated heterocycles. The number of halogens is 2. The van der Waals surface area contributed by atoms with Gasteiger partial charge in [0.1, 0.15) is 0 Å². The van der Waals surface area contributed by atoms with Gasteiger partial charge in [0.05, 0.1) is 5.25 Å². The molecular weight excluding hydrogens is 205 g/mol. The minimum atomic E-state index is -3.45. The first-order valence-corrected chi connectivity index (χ1v) is 5.36. The summed E-state index contributed by atoms with van der Waals surface area (Å²) >= 11 is 0. The highest BCUT2D eigenvalue weighted by Gasteiger charge is 2.26. The summed E-state index contributed by atoms with van der Waals surface area (Å²) in [7, 11) is -3.45. The molecule has 0 aromatic heterocycles. The molecular formula is C6H13ClFNO2S. The number of hydrogen-bond donors (Lipinski definition) is 1. The second-order valence-electron chi connectivity index (χ2n) is 2.74. The standard InChI is InChI=1S/C6H12FNO2S.ClH/c7-5-11(9,10)6-2-1-3-8-4-6;/h6,8H,1-5H2;1H. The molecule has 6 heteroatoms. The molecule has 1 aliphatic heterocycles. The molecule has 1 rings (SSSR count). The van der Waals surface area contributed by atoms with Crippen molar-refractivity contribution in [2.75, 3.05) is 19.1 Å². The summed E-state index contributed by atoms with van der Waals surface area (Å²) in [6.07, 6.45) is 1.42. The summed E-state index contributed by atoms with van der Waals surface area (Å²) in [6, 6.07) is -1.22.